The van der Waals surface area contributed by atoms with Crippen LogP contribution in [0.4, 0.5) is 4.39 Å². The molecule has 2 N–H and O–H groups in total. The van der Waals surface area contributed by atoms with Crippen molar-refractivity contribution in [2.45, 2.75) is 25.9 Å². The fraction of sp³-hybridized carbons (Fsp3) is 0.538. The van der Waals surface area contributed by atoms with Crippen LogP contribution in [-0.4, -0.2) is 30.4 Å². The van der Waals surface area contributed by atoms with Gasteiger partial charge in [-0.1, -0.05) is 22.9 Å². The van der Waals surface area contributed by atoms with Gasteiger partial charge in [-0.15, -0.1) is 0 Å². The monoisotopic (exact) mass is 319 g/mol. The van der Waals surface area contributed by atoms with E-state index < -0.39 is 5.60 Å². The molecule has 0 saturated carbocycles. The van der Waals surface area contributed by atoms with Crippen molar-refractivity contribution in [3.8, 4) is 5.75 Å². The van der Waals surface area contributed by atoms with Gasteiger partial charge in [0.2, 0.25) is 0 Å². The van der Waals surface area contributed by atoms with E-state index >= 15 is 0 Å². The summed E-state index contributed by atoms with van der Waals surface area (Å²) in [5.41, 5.74) is -0.978. The maximum atomic E-state index is 13.1. The van der Waals surface area contributed by atoms with Crippen molar-refractivity contribution in [1.82, 2.24) is 5.32 Å². The summed E-state index contributed by atoms with van der Waals surface area (Å²) in [5.74, 6) is 0.0285. The summed E-state index contributed by atoms with van der Waals surface area (Å²) in [6, 6.07) is 4.31. The summed E-state index contributed by atoms with van der Waals surface area (Å²) in [4.78, 5) is 0. The standard InChI is InChI=1S/C13H19BrFNO2/c1-3-4-16-8-13(2,17)9-18-12-6-10(14)5-11(15)7-12/h5-7,16-17H,3-4,8-9H2,1-2H3. The van der Waals surface area contributed by atoms with Gasteiger partial charge in [-0.3, -0.25) is 0 Å². The smallest absolute Gasteiger partial charge is 0.128 e. The van der Waals surface area contributed by atoms with Gasteiger partial charge in [0.15, 0.2) is 0 Å². The number of hydrogen-bond acceptors (Lipinski definition) is 3. The van der Waals surface area contributed by atoms with Gasteiger partial charge in [0.05, 0.1) is 0 Å². The number of nitrogens with one attached hydrogen (secondary N) is 1. The van der Waals surface area contributed by atoms with Gasteiger partial charge in [-0.2, -0.15) is 0 Å². The largest absolute Gasteiger partial charge is 0.490 e. The van der Waals surface area contributed by atoms with Crippen LogP contribution in [0, 0.1) is 5.82 Å². The summed E-state index contributed by atoms with van der Waals surface area (Å²) in [7, 11) is 0. The molecule has 0 heterocycles. The molecule has 0 aliphatic rings. The molecule has 0 aromatic heterocycles. The molecule has 0 amide bonds. The van der Waals surface area contributed by atoms with E-state index in [9.17, 15) is 9.50 Å². The molecule has 0 fully saturated rings. The van der Waals surface area contributed by atoms with Crippen LogP contribution in [0.25, 0.3) is 0 Å². The summed E-state index contributed by atoms with van der Waals surface area (Å²) in [5, 5.41) is 13.2. The Balaban J connectivity index is 2.47. The Bertz CT molecular complexity index is 365. The molecule has 1 aromatic rings. The Kier molecular flexibility index (Phi) is 6.05. The van der Waals surface area contributed by atoms with Crippen molar-refractivity contribution in [3.05, 3.63) is 28.5 Å². The Morgan fingerprint density at radius 2 is 2.17 bits per heavy atom. The van der Waals surface area contributed by atoms with Crippen molar-refractivity contribution in [2.24, 2.45) is 0 Å². The van der Waals surface area contributed by atoms with Crippen molar-refractivity contribution in [2.75, 3.05) is 19.7 Å². The number of hydrogen-bond donors (Lipinski definition) is 2. The highest BCUT2D eigenvalue weighted by atomic mass is 79.9. The zero-order valence-corrected chi connectivity index (χ0v) is 12.3. The minimum absolute atomic E-state index is 0.111. The minimum Gasteiger partial charge on any atom is -0.490 e. The van der Waals surface area contributed by atoms with E-state index in [1.807, 2.05) is 0 Å². The number of rotatable bonds is 7. The molecule has 18 heavy (non-hydrogen) atoms. The molecule has 1 unspecified atom stereocenters. The molecule has 0 aliphatic carbocycles. The molecule has 0 radical (unpaired) electrons. The Morgan fingerprint density at radius 3 is 2.78 bits per heavy atom. The maximum Gasteiger partial charge on any atom is 0.128 e. The Morgan fingerprint density at radius 1 is 1.44 bits per heavy atom. The molecule has 0 saturated heterocycles. The average Bonchev–Trinajstić information content (AvgIpc) is 2.25. The van der Waals surface area contributed by atoms with Crippen LogP contribution >= 0.6 is 15.9 Å². The molecule has 102 valence electrons. The van der Waals surface area contributed by atoms with E-state index in [0.717, 1.165) is 13.0 Å². The second kappa shape index (κ2) is 7.07. The van der Waals surface area contributed by atoms with E-state index in [0.29, 0.717) is 16.8 Å². The van der Waals surface area contributed by atoms with Crippen molar-refractivity contribution in [1.29, 1.82) is 0 Å². The summed E-state index contributed by atoms with van der Waals surface area (Å²) in [6.45, 7) is 5.14. The predicted molar refractivity (Wildman–Crippen MR) is 73.4 cm³/mol. The van der Waals surface area contributed by atoms with Crippen LogP contribution in [0.5, 0.6) is 5.75 Å². The lowest BCUT2D eigenvalue weighted by Crippen LogP contribution is -2.43. The first-order valence-corrected chi connectivity index (χ1v) is 6.74. The zero-order chi connectivity index (χ0) is 13.6. The molecule has 1 aromatic carbocycles. The lowest BCUT2D eigenvalue weighted by atomic mass is 10.1. The van der Waals surface area contributed by atoms with Crippen LogP contribution in [0.3, 0.4) is 0 Å². The first-order chi connectivity index (χ1) is 8.43. The maximum absolute atomic E-state index is 13.1. The van der Waals surface area contributed by atoms with E-state index in [4.69, 9.17) is 4.74 Å². The second-order valence-corrected chi connectivity index (χ2v) is 5.48. The van der Waals surface area contributed by atoms with Gasteiger partial charge in [0.1, 0.15) is 23.8 Å². The second-order valence-electron chi connectivity index (χ2n) is 4.57. The highest BCUT2D eigenvalue weighted by molar-refractivity contribution is 9.10. The van der Waals surface area contributed by atoms with Gasteiger partial charge in [0, 0.05) is 17.1 Å². The predicted octanol–water partition coefficient (Wildman–Crippen LogP) is 2.72. The van der Waals surface area contributed by atoms with Crippen LogP contribution in [0.15, 0.2) is 22.7 Å². The van der Waals surface area contributed by atoms with Crippen molar-refractivity contribution in [3.63, 3.8) is 0 Å². The lowest BCUT2D eigenvalue weighted by molar-refractivity contribution is 0.0123. The third-order valence-corrected chi connectivity index (χ3v) is 2.78. The van der Waals surface area contributed by atoms with Crippen LogP contribution < -0.4 is 10.1 Å². The Hall–Kier alpha value is -0.650. The quantitative estimate of drug-likeness (QED) is 0.759. The normalized spacial score (nSPS) is 14.3. The van der Waals surface area contributed by atoms with E-state index in [2.05, 4.69) is 28.2 Å². The zero-order valence-electron chi connectivity index (χ0n) is 10.7. The molecule has 3 nitrogen and oxygen atoms in total. The van der Waals surface area contributed by atoms with Gasteiger partial charge < -0.3 is 15.2 Å². The average molecular weight is 320 g/mol. The van der Waals surface area contributed by atoms with Gasteiger partial charge >= 0.3 is 0 Å². The van der Waals surface area contributed by atoms with E-state index in [1.54, 1.807) is 13.0 Å². The third kappa shape index (κ3) is 5.80. The molecule has 1 rings (SSSR count). The van der Waals surface area contributed by atoms with Gasteiger partial charge in [-0.05, 0) is 32.0 Å². The highest BCUT2D eigenvalue weighted by Gasteiger charge is 2.20. The first-order valence-electron chi connectivity index (χ1n) is 5.95. The molecule has 0 spiro atoms. The molecule has 0 bridgehead atoms. The van der Waals surface area contributed by atoms with Crippen molar-refractivity contribution >= 4 is 15.9 Å². The molecule has 1 atom stereocenters. The number of halogens is 2. The summed E-state index contributed by atoms with van der Waals surface area (Å²) in [6.07, 6.45) is 1.01. The SMILES string of the molecule is CCCNCC(C)(O)COc1cc(F)cc(Br)c1. The van der Waals surface area contributed by atoms with Gasteiger partial charge in [-0.25, -0.2) is 4.39 Å². The topological polar surface area (TPSA) is 41.5 Å². The number of aliphatic hydroxyl groups is 1. The summed E-state index contributed by atoms with van der Waals surface area (Å²) >= 11 is 3.19. The third-order valence-electron chi connectivity index (χ3n) is 2.32. The molecule has 5 heteroatoms. The van der Waals surface area contributed by atoms with Gasteiger partial charge in [0.25, 0.3) is 0 Å². The van der Waals surface area contributed by atoms with Crippen LogP contribution in [0.2, 0.25) is 0 Å². The molecular formula is C13H19BrFNO2. The number of benzene rings is 1. The highest BCUT2D eigenvalue weighted by Crippen LogP contribution is 2.21. The molecular weight excluding hydrogens is 301 g/mol. The Labute approximate surface area is 115 Å². The fourth-order valence-corrected chi connectivity index (χ4v) is 1.88. The van der Waals surface area contributed by atoms with Crippen LogP contribution in [0.1, 0.15) is 20.3 Å². The molecule has 0 aliphatic heterocycles. The number of ether oxygens (including phenoxy) is 1. The first kappa shape index (κ1) is 15.4. The summed E-state index contributed by atoms with van der Waals surface area (Å²) < 4.78 is 19.1. The minimum atomic E-state index is -0.978. The fourth-order valence-electron chi connectivity index (χ4n) is 1.44. The van der Waals surface area contributed by atoms with E-state index in [-0.39, 0.29) is 12.4 Å². The van der Waals surface area contributed by atoms with Crippen molar-refractivity contribution < 1.29 is 14.2 Å². The lowest BCUT2D eigenvalue weighted by Gasteiger charge is -2.24. The van der Waals surface area contributed by atoms with E-state index in [1.165, 1.54) is 12.1 Å². The van der Waals surface area contributed by atoms with Crippen LogP contribution in [-0.2, 0) is 0 Å².